The first-order chi connectivity index (χ1) is 13.6. The SMILES string of the molecule is COc1ccc(CN2CCc3nc(C4CCCCC4)[nH]c(=O)c3C2)c(C)c1C. The fourth-order valence-corrected chi connectivity index (χ4v) is 4.69. The molecule has 5 nitrogen and oxygen atoms in total. The molecular weight excluding hydrogens is 350 g/mol. The standard InChI is InChI=1S/C23H31N3O2/c1-15-16(2)21(28-3)10-9-18(15)13-26-12-11-20-19(14-26)23(27)25-22(24-20)17-7-5-4-6-8-17/h9-10,17H,4-8,11-14H2,1-3H3,(H,24,25,27). The molecule has 5 heteroatoms. The molecule has 1 aliphatic carbocycles. The molecular formula is C23H31N3O2. The molecule has 2 aliphatic rings. The minimum atomic E-state index is 0.0675. The molecule has 0 unspecified atom stereocenters. The van der Waals surface area contributed by atoms with Crippen molar-refractivity contribution in [3.63, 3.8) is 0 Å². The van der Waals surface area contributed by atoms with Crippen molar-refractivity contribution in [2.24, 2.45) is 0 Å². The second kappa shape index (κ2) is 8.08. The molecule has 0 bridgehead atoms. The predicted molar refractivity (Wildman–Crippen MR) is 111 cm³/mol. The molecule has 1 fully saturated rings. The highest BCUT2D eigenvalue weighted by molar-refractivity contribution is 5.43. The molecule has 2 heterocycles. The summed E-state index contributed by atoms with van der Waals surface area (Å²) in [5.41, 5.74) is 5.69. The summed E-state index contributed by atoms with van der Waals surface area (Å²) in [6.07, 6.45) is 6.98. The number of ether oxygens (including phenoxy) is 1. The molecule has 4 rings (SSSR count). The summed E-state index contributed by atoms with van der Waals surface area (Å²) >= 11 is 0. The summed E-state index contributed by atoms with van der Waals surface area (Å²) in [6.45, 7) is 6.71. The second-order valence-corrected chi connectivity index (χ2v) is 8.35. The van der Waals surface area contributed by atoms with Crippen LogP contribution in [-0.4, -0.2) is 28.5 Å². The highest BCUT2D eigenvalue weighted by Crippen LogP contribution is 2.31. The lowest BCUT2D eigenvalue weighted by molar-refractivity contribution is 0.240. The highest BCUT2D eigenvalue weighted by atomic mass is 16.5. The number of aromatic amines is 1. The van der Waals surface area contributed by atoms with Gasteiger partial charge in [0.15, 0.2) is 0 Å². The average Bonchev–Trinajstić information content (AvgIpc) is 2.72. The lowest BCUT2D eigenvalue weighted by atomic mass is 9.88. The molecule has 0 amide bonds. The fraction of sp³-hybridized carbons (Fsp3) is 0.565. The quantitative estimate of drug-likeness (QED) is 0.870. The lowest BCUT2D eigenvalue weighted by Crippen LogP contribution is -2.36. The van der Waals surface area contributed by atoms with Crippen LogP contribution < -0.4 is 10.3 Å². The van der Waals surface area contributed by atoms with E-state index in [0.29, 0.717) is 12.5 Å². The minimum Gasteiger partial charge on any atom is -0.496 e. The fourth-order valence-electron chi connectivity index (χ4n) is 4.69. The Hall–Kier alpha value is -2.14. The number of hydrogen-bond donors (Lipinski definition) is 1. The van der Waals surface area contributed by atoms with Crippen LogP contribution >= 0.6 is 0 Å². The minimum absolute atomic E-state index is 0.0675. The van der Waals surface area contributed by atoms with Gasteiger partial charge in [0, 0.05) is 32.0 Å². The van der Waals surface area contributed by atoms with E-state index in [0.717, 1.165) is 55.2 Å². The zero-order chi connectivity index (χ0) is 19.7. The van der Waals surface area contributed by atoms with Crippen molar-refractivity contribution < 1.29 is 4.74 Å². The summed E-state index contributed by atoms with van der Waals surface area (Å²) in [5.74, 6) is 2.30. The molecule has 0 spiro atoms. The van der Waals surface area contributed by atoms with Crippen molar-refractivity contribution in [2.45, 2.75) is 71.4 Å². The van der Waals surface area contributed by atoms with Gasteiger partial charge in [-0.05, 0) is 49.4 Å². The first kappa shape index (κ1) is 19.2. The third kappa shape index (κ3) is 3.72. The van der Waals surface area contributed by atoms with Crippen molar-refractivity contribution in [3.8, 4) is 5.75 Å². The Morgan fingerprint density at radius 3 is 2.71 bits per heavy atom. The van der Waals surface area contributed by atoms with Gasteiger partial charge in [-0.25, -0.2) is 4.98 Å². The Bertz CT molecular complexity index is 913. The van der Waals surface area contributed by atoms with E-state index in [1.54, 1.807) is 7.11 Å². The third-order valence-electron chi connectivity index (χ3n) is 6.62. The Morgan fingerprint density at radius 2 is 1.96 bits per heavy atom. The van der Waals surface area contributed by atoms with E-state index in [9.17, 15) is 4.79 Å². The molecule has 0 radical (unpaired) electrons. The highest BCUT2D eigenvalue weighted by Gasteiger charge is 2.25. The molecule has 0 atom stereocenters. The molecule has 1 aliphatic heterocycles. The first-order valence-electron chi connectivity index (χ1n) is 10.5. The number of methoxy groups -OCH3 is 1. The van der Waals surface area contributed by atoms with Crippen molar-refractivity contribution >= 4 is 0 Å². The van der Waals surface area contributed by atoms with E-state index < -0.39 is 0 Å². The van der Waals surface area contributed by atoms with Gasteiger partial charge in [-0.2, -0.15) is 0 Å². The van der Waals surface area contributed by atoms with Crippen LogP contribution in [-0.2, 0) is 19.5 Å². The van der Waals surface area contributed by atoms with Crippen LogP contribution in [0.15, 0.2) is 16.9 Å². The number of fused-ring (bicyclic) bond motifs is 1. The van der Waals surface area contributed by atoms with Crippen molar-refractivity contribution in [2.75, 3.05) is 13.7 Å². The van der Waals surface area contributed by atoms with Crippen LogP contribution in [0.5, 0.6) is 5.75 Å². The normalized spacial score (nSPS) is 18.1. The van der Waals surface area contributed by atoms with Gasteiger partial charge >= 0.3 is 0 Å². The predicted octanol–water partition coefficient (Wildman–Crippen LogP) is 4.00. The number of nitrogens with zero attached hydrogens (tertiary/aromatic N) is 2. The van der Waals surface area contributed by atoms with Gasteiger partial charge in [0.05, 0.1) is 18.4 Å². The summed E-state index contributed by atoms with van der Waals surface area (Å²) < 4.78 is 5.43. The number of nitrogens with one attached hydrogen (secondary N) is 1. The topological polar surface area (TPSA) is 58.2 Å². The Kier molecular flexibility index (Phi) is 5.54. The molecule has 1 N–H and O–H groups in total. The van der Waals surface area contributed by atoms with Crippen molar-refractivity contribution in [1.82, 2.24) is 14.9 Å². The van der Waals surface area contributed by atoms with Gasteiger partial charge in [0.1, 0.15) is 11.6 Å². The third-order valence-corrected chi connectivity index (χ3v) is 6.62. The Labute approximate surface area is 167 Å². The van der Waals surface area contributed by atoms with Gasteiger partial charge in [-0.1, -0.05) is 25.3 Å². The van der Waals surface area contributed by atoms with Crippen LogP contribution in [0.25, 0.3) is 0 Å². The maximum absolute atomic E-state index is 12.8. The van der Waals surface area contributed by atoms with Crippen LogP contribution in [0.2, 0.25) is 0 Å². The maximum Gasteiger partial charge on any atom is 0.255 e. The van der Waals surface area contributed by atoms with E-state index >= 15 is 0 Å². The molecule has 1 aromatic carbocycles. The zero-order valence-corrected chi connectivity index (χ0v) is 17.3. The van der Waals surface area contributed by atoms with Crippen LogP contribution in [0.4, 0.5) is 0 Å². The van der Waals surface area contributed by atoms with Gasteiger partial charge in [0.25, 0.3) is 5.56 Å². The number of H-pyrrole nitrogens is 1. The molecule has 150 valence electrons. The van der Waals surface area contributed by atoms with Gasteiger partial charge < -0.3 is 9.72 Å². The molecule has 28 heavy (non-hydrogen) atoms. The van der Waals surface area contributed by atoms with Crippen molar-refractivity contribution in [3.05, 3.63) is 56.3 Å². The lowest BCUT2D eigenvalue weighted by Gasteiger charge is -2.29. The van der Waals surface area contributed by atoms with E-state index in [1.165, 1.54) is 36.0 Å². The van der Waals surface area contributed by atoms with Crippen LogP contribution in [0, 0.1) is 13.8 Å². The Morgan fingerprint density at radius 1 is 1.18 bits per heavy atom. The van der Waals surface area contributed by atoms with E-state index in [4.69, 9.17) is 9.72 Å². The summed E-state index contributed by atoms with van der Waals surface area (Å²) in [4.78, 5) is 23.2. The zero-order valence-electron chi connectivity index (χ0n) is 17.3. The van der Waals surface area contributed by atoms with E-state index in [1.807, 2.05) is 6.07 Å². The number of benzene rings is 1. The van der Waals surface area contributed by atoms with Gasteiger partial charge in [0.2, 0.25) is 0 Å². The Balaban J connectivity index is 1.52. The van der Waals surface area contributed by atoms with E-state index in [-0.39, 0.29) is 5.56 Å². The van der Waals surface area contributed by atoms with E-state index in [2.05, 4.69) is 29.8 Å². The largest absolute Gasteiger partial charge is 0.496 e. The molecule has 2 aromatic rings. The van der Waals surface area contributed by atoms with Gasteiger partial charge in [-0.15, -0.1) is 0 Å². The number of rotatable bonds is 4. The number of aromatic nitrogens is 2. The summed E-state index contributed by atoms with van der Waals surface area (Å²) in [6, 6.07) is 4.19. The maximum atomic E-state index is 12.8. The summed E-state index contributed by atoms with van der Waals surface area (Å²) in [5, 5.41) is 0. The smallest absolute Gasteiger partial charge is 0.255 e. The second-order valence-electron chi connectivity index (χ2n) is 8.35. The van der Waals surface area contributed by atoms with Gasteiger partial charge in [-0.3, -0.25) is 9.69 Å². The molecule has 1 saturated carbocycles. The van der Waals surface area contributed by atoms with Crippen LogP contribution in [0.1, 0.15) is 71.8 Å². The monoisotopic (exact) mass is 381 g/mol. The number of hydrogen-bond acceptors (Lipinski definition) is 4. The van der Waals surface area contributed by atoms with Crippen LogP contribution in [0.3, 0.4) is 0 Å². The first-order valence-corrected chi connectivity index (χ1v) is 10.5. The molecule has 1 aromatic heterocycles. The molecule has 0 saturated heterocycles. The summed E-state index contributed by atoms with van der Waals surface area (Å²) in [7, 11) is 1.71. The van der Waals surface area contributed by atoms with Crippen molar-refractivity contribution in [1.29, 1.82) is 0 Å². The average molecular weight is 382 g/mol.